The van der Waals surface area contributed by atoms with Gasteiger partial charge in [-0.25, -0.2) is 4.57 Å². The molecule has 0 aliphatic heterocycles. The van der Waals surface area contributed by atoms with Crippen molar-refractivity contribution in [3.8, 4) is 0 Å². The van der Waals surface area contributed by atoms with E-state index in [1.807, 2.05) is 0 Å². The summed E-state index contributed by atoms with van der Waals surface area (Å²) in [6.45, 7) is 3.52. The summed E-state index contributed by atoms with van der Waals surface area (Å²) in [5.74, 6) is -0.519. The maximum atomic E-state index is 12.2. The highest BCUT2D eigenvalue weighted by Gasteiger charge is 2.23. The van der Waals surface area contributed by atoms with Crippen LogP contribution in [0.4, 0.5) is 0 Å². The van der Waals surface area contributed by atoms with E-state index in [1.165, 1.54) is 161 Å². The SMILES string of the molecule is CCCCC/C=C\C/C=C\C/C=C\CCCCCCCCCCCCC(=O)OCC(O)COP(=O)(O)OCCNC(=O)CCCCCCCCCCCCC/C=C\C/C=C\CCCCC. The summed E-state index contributed by atoms with van der Waals surface area (Å²) in [7, 11) is -4.43. The smallest absolute Gasteiger partial charge is 0.463 e. The highest BCUT2D eigenvalue weighted by molar-refractivity contribution is 7.47. The van der Waals surface area contributed by atoms with Crippen LogP contribution >= 0.6 is 7.82 Å². The molecule has 9 nitrogen and oxygen atoms in total. The lowest BCUT2D eigenvalue weighted by molar-refractivity contribution is -0.147. The zero-order valence-corrected chi connectivity index (χ0v) is 42.8. The number of carbonyl (C=O) groups is 2. The molecule has 65 heavy (non-hydrogen) atoms. The number of phosphoric acid groups is 1. The van der Waals surface area contributed by atoms with Crippen molar-refractivity contribution in [3.05, 3.63) is 60.8 Å². The first kappa shape index (κ1) is 62.7. The zero-order chi connectivity index (χ0) is 47.4. The molecule has 0 heterocycles. The van der Waals surface area contributed by atoms with E-state index < -0.39 is 26.5 Å². The van der Waals surface area contributed by atoms with Crippen LogP contribution in [0.25, 0.3) is 0 Å². The molecule has 0 aromatic carbocycles. The molecular weight excluding hydrogens is 834 g/mol. The molecule has 0 aliphatic carbocycles. The first-order valence-electron chi connectivity index (χ1n) is 26.8. The second-order valence-corrected chi connectivity index (χ2v) is 19.3. The fraction of sp³-hybridized carbons (Fsp3) is 0.782. The topological polar surface area (TPSA) is 131 Å². The Labute approximate surface area is 399 Å². The van der Waals surface area contributed by atoms with Gasteiger partial charge in [0.15, 0.2) is 0 Å². The van der Waals surface area contributed by atoms with Gasteiger partial charge in [-0.15, -0.1) is 0 Å². The molecule has 0 saturated carbocycles. The van der Waals surface area contributed by atoms with Crippen LogP contribution in [-0.2, 0) is 27.9 Å². The molecule has 0 rings (SSSR count). The van der Waals surface area contributed by atoms with Crippen LogP contribution in [0.5, 0.6) is 0 Å². The summed E-state index contributed by atoms with van der Waals surface area (Å²) >= 11 is 0. The van der Waals surface area contributed by atoms with Gasteiger partial charge in [0.05, 0.1) is 13.2 Å². The Bertz CT molecular complexity index is 1250. The molecule has 0 spiro atoms. The molecule has 2 atom stereocenters. The average molecular weight is 934 g/mol. The van der Waals surface area contributed by atoms with Gasteiger partial charge in [-0.3, -0.25) is 18.6 Å². The summed E-state index contributed by atoms with van der Waals surface area (Å²) in [6.07, 6.45) is 63.0. The molecular formula is C55H100NO8P. The minimum atomic E-state index is -4.43. The van der Waals surface area contributed by atoms with E-state index in [-0.39, 0.29) is 32.1 Å². The Morgan fingerprint density at radius 3 is 1.25 bits per heavy atom. The monoisotopic (exact) mass is 934 g/mol. The summed E-state index contributed by atoms with van der Waals surface area (Å²) in [4.78, 5) is 34.1. The molecule has 0 aliphatic rings. The third kappa shape index (κ3) is 52.5. The molecule has 3 N–H and O–H groups in total. The molecule has 0 radical (unpaired) electrons. The Kier molecular flexibility index (Phi) is 49.3. The standard InChI is InChI=1S/C55H100NO8P/c1-3-5-7-9-11-13-15-17-19-21-23-25-26-28-30-32-34-36-38-40-42-44-46-48-55(59)62-51-53(57)52-64-65(60,61)63-50-49-56-54(58)47-45-43-41-39-37-35-33-31-29-27-24-22-20-18-16-14-12-10-8-6-4-2/h11-14,17-20,23,25,53,57H,3-10,15-16,21-22,24,26-52H2,1-2H3,(H,56,58)(H,60,61)/b13-11-,14-12-,19-17-,20-18-,25-23-. The number of allylic oxidation sites excluding steroid dienone is 10. The lowest BCUT2D eigenvalue weighted by Crippen LogP contribution is -2.27. The second-order valence-electron chi connectivity index (χ2n) is 17.8. The van der Waals surface area contributed by atoms with Gasteiger partial charge in [0.25, 0.3) is 0 Å². The molecule has 10 heteroatoms. The molecule has 1 amide bonds. The molecule has 0 aromatic heterocycles. The van der Waals surface area contributed by atoms with Crippen molar-refractivity contribution in [2.45, 2.75) is 251 Å². The van der Waals surface area contributed by atoms with E-state index in [1.54, 1.807) is 0 Å². The van der Waals surface area contributed by atoms with Crippen molar-refractivity contribution < 1.29 is 37.9 Å². The lowest BCUT2D eigenvalue weighted by atomic mass is 10.0. The van der Waals surface area contributed by atoms with Crippen LogP contribution in [-0.4, -0.2) is 54.3 Å². The number of esters is 1. The van der Waals surface area contributed by atoms with Gasteiger partial charge in [-0.05, 0) is 83.5 Å². The lowest BCUT2D eigenvalue weighted by Gasteiger charge is -2.15. The number of rotatable bonds is 50. The van der Waals surface area contributed by atoms with Crippen LogP contribution < -0.4 is 5.32 Å². The van der Waals surface area contributed by atoms with E-state index in [4.69, 9.17) is 13.8 Å². The van der Waals surface area contributed by atoms with E-state index in [2.05, 4.69) is 79.9 Å². The molecule has 0 fully saturated rings. The predicted molar refractivity (Wildman–Crippen MR) is 275 cm³/mol. The number of hydrogen-bond acceptors (Lipinski definition) is 7. The molecule has 0 aromatic rings. The third-order valence-electron chi connectivity index (χ3n) is 11.4. The largest absolute Gasteiger partial charge is 0.472 e. The summed E-state index contributed by atoms with van der Waals surface area (Å²) in [5.41, 5.74) is 0. The van der Waals surface area contributed by atoms with E-state index in [0.717, 1.165) is 57.8 Å². The predicted octanol–water partition coefficient (Wildman–Crippen LogP) is 16.0. The molecule has 0 saturated heterocycles. The number of amides is 1. The van der Waals surface area contributed by atoms with E-state index >= 15 is 0 Å². The zero-order valence-electron chi connectivity index (χ0n) is 41.9. The van der Waals surface area contributed by atoms with E-state index in [0.29, 0.717) is 6.42 Å². The summed E-state index contributed by atoms with van der Waals surface area (Å²) in [6, 6.07) is 0. The van der Waals surface area contributed by atoms with Crippen molar-refractivity contribution in [3.63, 3.8) is 0 Å². The Morgan fingerprint density at radius 2 is 0.831 bits per heavy atom. The normalized spacial score (nSPS) is 13.6. The van der Waals surface area contributed by atoms with Crippen LogP contribution in [0, 0.1) is 0 Å². The van der Waals surface area contributed by atoms with Crippen LogP contribution in [0.2, 0.25) is 0 Å². The Hall–Kier alpha value is -2.29. The Balaban J connectivity index is 3.56. The molecule has 378 valence electrons. The minimum absolute atomic E-state index is 0.0790. The first-order chi connectivity index (χ1) is 31.8. The number of unbranched alkanes of at least 4 members (excludes halogenated alkanes) is 27. The number of aliphatic hydroxyl groups is 1. The number of hydrogen-bond donors (Lipinski definition) is 3. The highest BCUT2D eigenvalue weighted by Crippen LogP contribution is 2.42. The number of aliphatic hydroxyl groups excluding tert-OH is 1. The highest BCUT2D eigenvalue weighted by atomic mass is 31.2. The number of ether oxygens (including phenoxy) is 1. The second kappa shape index (κ2) is 51.1. The average Bonchev–Trinajstić information content (AvgIpc) is 3.29. The summed E-state index contributed by atoms with van der Waals surface area (Å²) in [5, 5.41) is 12.8. The van der Waals surface area contributed by atoms with E-state index in [9.17, 15) is 24.2 Å². The van der Waals surface area contributed by atoms with Crippen LogP contribution in [0.15, 0.2) is 60.8 Å². The summed E-state index contributed by atoms with van der Waals surface area (Å²) < 4.78 is 27.0. The minimum Gasteiger partial charge on any atom is -0.463 e. The first-order valence-corrected chi connectivity index (χ1v) is 28.3. The van der Waals surface area contributed by atoms with Crippen molar-refractivity contribution >= 4 is 19.7 Å². The maximum Gasteiger partial charge on any atom is 0.472 e. The molecule has 2 unspecified atom stereocenters. The van der Waals surface area contributed by atoms with Gasteiger partial charge in [-0.2, -0.15) is 0 Å². The fourth-order valence-corrected chi connectivity index (χ4v) is 8.12. The van der Waals surface area contributed by atoms with Gasteiger partial charge in [-0.1, -0.05) is 209 Å². The van der Waals surface area contributed by atoms with Gasteiger partial charge >= 0.3 is 13.8 Å². The quantitative estimate of drug-likeness (QED) is 0.0238. The van der Waals surface area contributed by atoms with Crippen LogP contribution in [0.3, 0.4) is 0 Å². The van der Waals surface area contributed by atoms with Gasteiger partial charge < -0.3 is 20.1 Å². The maximum absolute atomic E-state index is 12.2. The third-order valence-corrected chi connectivity index (χ3v) is 12.4. The number of carbonyl (C=O) groups excluding carboxylic acids is 2. The van der Waals surface area contributed by atoms with Crippen molar-refractivity contribution in [1.82, 2.24) is 5.32 Å². The van der Waals surface area contributed by atoms with Crippen LogP contribution in [0.1, 0.15) is 245 Å². The molecule has 0 bridgehead atoms. The van der Waals surface area contributed by atoms with Crippen molar-refractivity contribution in [1.29, 1.82) is 0 Å². The Morgan fingerprint density at radius 1 is 0.477 bits per heavy atom. The number of phosphoric ester groups is 1. The number of nitrogens with one attached hydrogen (secondary N) is 1. The fourth-order valence-electron chi connectivity index (χ4n) is 7.36. The van der Waals surface area contributed by atoms with Gasteiger partial charge in [0.1, 0.15) is 12.7 Å². The van der Waals surface area contributed by atoms with Crippen molar-refractivity contribution in [2.24, 2.45) is 0 Å². The van der Waals surface area contributed by atoms with Gasteiger partial charge in [0, 0.05) is 19.4 Å². The van der Waals surface area contributed by atoms with Gasteiger partial charge in [0.2, 0.25) is 5.91 Å². The van der Waals surface area contributed by atoms with Crippen molar-refractivity contribution in [2.75, 3.05) is 26.4 Å².